The van der Waals surface area contributed by atoms with Crippen molar-refractivity contribution in [1.29, 1.82) is 0 Å². The normalized spacial score (nSPS) is 3.60. The van der Waals surface area contributed by atoms with Crippen LogP contribution in [0.15, 0.2) is 0 Å². The van der Waals surface area contributed by atoms with Gasteiger partial charge in [0.1, 0.15) is 0 Å². The van der Waals surface area contributed by atoms with Crippen LogP contribution in [0.3, 0.4) is 0 Å². The number of aliphatic hydroxyl groups excluding tert-OH is 1. The van der Waals surface area contributed by atoms with Gasteiger partial charge in [-0.1, -0.05) is 0 Å². The summed E-state index contributed by atoms with van der Waals surface area (Å²) in [5.41, 5.74) is 0. The third kappa shape index (κ3) is 25.6. The molecule has 0 heterocycles. The van der Waals surface area contributed by atoms with Gasteiger partial charge in [-0.25, -0.2) is 0 Å². The fourth-order valence-electron chi connectivity index (χ4n) is 0. The van der Waals surface area contributed by atoms with Crippen LogP contribution >= 0.6 is 12.4 Å². The molecule has 0 radical (unpaired) electrons. The standard InChI is InChI=1S/C2H6O.Ba.ClH.2H/c1-2-3;;;;/h3H,2H2,1H3;;1H;;. The molecule has 0 aliphatic carbocycles. The van der Waals surface area contributed by atoms with E-state index in [0.29, 0.717) is 0 Å². The zero-order valence-corrected chi connectivity index (χ0v) is 3.38. The summed E-state index contributed by atoms with van der Waals surface area (Å²) in [6.07, 6.45) is 0. The second-order valence-electron chi connectivity index (χ2n) is 0.316. The van der Waals surface area contributed by atoms with Crippen LogP contribution in [0.5, 0.6) is 0 Å². The van der Waals surface area contributed by atoms with Gasteiger partial charge in [0.25, 0.3) is 0 Å². The van der Waals surface area contributed by atoms with E-state index in [1.165, 1.54) is 0 Å². The summed E-state index contributed by atoms with van der Waals surface area (Å²) in [5, 5.41) is 7.57. The van der Waals surface area contributed by atoms with Crippen molar-refractivity contribution >= 4 is 61.3 Å². The predicted molar refractivity (Wildman–Crippen MR) is 28.6 cm³/mol. The Morgan fingerprint density at radius 3 is 1.60 bits per heavy atom. The first-order valence-electron chi connectivity index (χ1n) is 1.02. The fraction of sp³-hybridized carbons (Fsp3) is 1.00. The van der Waals surface area contributed by atoms with Gasteiger partial charge in [0.2, 0.25) is 0 Å². The first-order chi connectivity index (χ1) is 1.41. The quantitative estimate of drug-likeness (QED) is 0.548. The summed E-state index contributed by atoms with van der Waals surface area (Å²) in [4.78, 5) is 0. The molecule has 0 saturated carbocycles. The summed E-state index contributed by atoms with van der Waals surface area (Å²) in [5.74, 6) is 0. The van der Waals surface area contributed by atoms with Crippen molar-refractivity contribution in [1.82, 2.24) is 0 Å². The Labute approximate surface area is 78.6 Å². The van der Waals surface area contributed by atoms with E-state index in [0.717, 1.165) is 0 Å². The zero-order valence-electron chi connectivity index (χ0n) is 2.56. The first-order valence-corrected chi connectivity index (χ1v) is 1.02. The van der Waals surface area contributed by atoms with Gasteiger partial charge in [0.05, 0.1) is 0 Å². The molecule has 0 atom stereocenters. The van der Waals surface area contributed by atoms with E-state index < -0.39 is 0 Å². The van der Waals surface area contributed by atoms with Crippen molar-refractivity contribution in [3.8, 4) is 0 Å². The van der Waals surface area contributed by atoms with Crippen molar-refractivity contribution in [3.63, 3.8) is 0 Å². The summed E-state index contributed by atoms with van der Waals surface area (Å²) in [6.45, 7) is 1.93. The maximum absolute atomic E-state index is 7.57. The van der Waals surface area contributed by atoms with Gasteiger partial charge >= 0.3 is 48.9 Å². The van der Waals surface area contributed by atoms with Crippen LogP contribution in [0, 0.1) is 0 Å². The van der Waals surface area contributed by atoms with E-state index >= 15 is 0 Å². The molecule has 0 aromatic carbocycles. The number of halogens is 1. The van der Waals surface area contributed by atoms with Crippen LogP contribution in [-0.2, 0) is 0 Å². The van der Waals surface area contributed by atoms with E-state index in [2.05, 4.69) is 0 Å². The van der Waals surface area contributed by atoms with E-state index in [9.17, 15) is 0 Å². The average molecular weight is 222 g/mol. The Morgan fingerprint density at radius 2 is 1.60 bits per heavy atom. The van der Waals surface area contributed by atoms with Gasteiger partial charge in [-0.2, -0.15) is 0 Å². The van der Waals surface area contributed by atoms with Crippen LogP contribution in [-0.4, -0.2) is 60.6 Å². The van der Waals surface area contributed by atoms with E-state index in [4.69, 9.17) is 5.11 Å². The van der Waals surface area contributed by atoms with Gasteiger partial charge in [0.15, 0.2) is 0 Å². The van der Waals surface area contributed by atoms with Gasteiger partial charge in [-0.3, -0.25) is 0 Å². The number of rotatable bonds is 0. The molecule has 0 unspecified atom stereocenters. The Kier molecular flexibility index (Phi) is 53.8. The minimum absolute atomic E-state index is 0. The third-order valence-corrected chi connectivity index (χ3v) is 0. The van der Waals surface area contributed by atoms with Gasteiger partial charge < -0.3 is 5.11 Å². The van der Waals surface area contributed by atoms with Crippen molar-refractivity contribution in [2.24, 2.45) is 0 Å². The van der Waals surface area contributed by atoms with Crippen molar-refractivity contribution in [2.45, 2.75) is 6.92 Å². The Hall–Kier alpha value is 1.82. The molecule has 0 aromatic heterocycles. The topological polar surface area (TPSA) is 20.2 Å². The molecule has 0 fully saturated rings. The molecule has 1 N–H and O–H groups in total. The number of aliphatic hydroxyl groups is 1. The van der Waals surface area contributed by atoms with Crippen LogP contribution in [0.1, 0.15) is 6.92 Å². The molecule has 0 aliphatic rings. The molecular weight excluding hydrogens is 213 g/mol. The molecule has 0 aromatic rings. The Morgan fingerprint density at radius 1 is 1.60 bits per heavy atom. The summed E-state index contributed by atoms with van der Waals surface area (Å²) >= 11 is 0. The summed E-state index contributed by atoms with van der Waals surface area (Å²) < 4.78 is 0. The molecule has 1 nitrogen and oxygen atoms in total. The monoisotopic (exact) mass is 222 g/mol. The average Bonchev–Trinajstić information content (AvgIpc) is 0.918. The second kappa shape index (κ2) is 17.0. The van der Waals surface area contributed by atoms with Crippen molar-refractivity contribution in [3.05, 3.63) is 0 Å². The molecule has 0 spiro atoms. The van der Waals surface area contributed by atoms with Crippen molar-refractivity contribution in [2.75, 3.05) is 6.61 Å². The third-order valence-electron chi connectivity index (χ3n) is 0. The molecule has 0 bridgehead atoms. The molecule has 0 saturated heterocycles. The molecule has 5 heavy (non-hydrogen) atoms. The summed E-state index contributed by atoms with van der Waals surface area (Å²) in [7, 11) is 0. The van der Waals surface area contributed by atoms with Crippen LogP contribution < -0.4 is 0 Å². The number of hydrogen-bond donors (Lipinski definition) is 1. The Bertz CT molecular complexity index is 9.61. The van der Waals surface area contributed by atoms with Crippen LogP contribution in [0.25, 0.3) is 0 Å². The van der Waals surface area contributed by atoms with E-state index in [1.54, 1.807) is 6.92 Å². The summed E-state index contributed by atoms with van der Waals surface area (Å²) in [6, 6.07) is 0. The molecule has 0 rings (SSSR count). The van der Waals surface area contributed by atoms with Gasteiger partial charge in [-0.15, -0.1) is 12.4 Å². The van der Waals surface area contributed by atoms with E-state index in [1.807, 2.05) is 0 Å². The van der Waals surface area contributed by atoms with E-state index in [-0.39, 0.29) is 67.9 Å². The number of hydrogen-bond acceptors (Lipinski definition) is 1. The SMILES string of the molecule is CCO.Cl.[BaH2]. The van der Waals surface area contributed by atoms with Gasteiger partial charge in [0, 0.05) is 6.61 Å². The predicted octanol–water partition coefficient (Wildman–Crippen LogP) is -0.496. The molecular formula is C2H9BaClO. The molecule has 3 heteroatoms. The fourth-order valence-corrected chi connectivity index (χ4v) is 0. The molecule has 0 aliphatic heterocycles. The van der Waals surface area contributed by atoms with Gasteiger partial charge in [-0.05, 0) is 6.92 Å². The first kappa shape index (κ1) is 15.8. The minimum atomic E-state index is 0. The second-order valence-corrected chi connectivity index (χ2v) is 0.316. The molecule has 0 amide bonds. The Balaban J connectivity index is -0.0000000200. The molecule has 32 valence electrons. The van der Waals surface area contributed by atoms with Crippen LogP contribution in [0.2, 0.25) is 0 Å². The zero-order chi connectivity index (χ0) is 2.71. The van der Waals surface area contributed by atoms with Crippen LogP contribution in [0.4, 0.5) is 0 Å². The van der Waals surface area contributed by atoms with Crippen molar-refractivity contribution < 1.29 is 5.11 Å². The maximum atomic E-state index is 7.57.